The highest BCUT2D eigenvalue weighted by Crippen LogP contribution is 2.24. The molecule has 0 fully saturated rings. The van der Waals surface area contributed by atoms with Gasteiger partial charge in [-0.25, -0.2) is 0 Å². The van der Waals surface area contributed by atoms with Crippen molar-refractivity contribution in [3.8, 4) is 0 Å². The van der Waals surface area contributed by atoms with Gasteiger partial charge in [0.15, 0.2) is 0 Å². The third-order valence-corrected chi connectivity index (χ3v) is 4.58. The van der Waals surface area contributed by atoms with E-state index in [0.29, 0.717) is 18.0 Å². The Balaban J connectivity index is 2.59. The van der Waals surface area contributed by atoms with E-state index in [9.17, 15) is 0 Å². The maximum atomic E-state index is 9.07. The van der Waals surface area contributed by atoms with Gasteiger partial charge in [0.1, 0.15) is 0 Å². The number of aliphatic hydroxyl groups is 1. The molecule has 0 amide bonds. The number of nitrogens with one attached hydrogen (secondary N) is 1. The zero-order valence-electron chi connectivity index (χ0n) is 11.4. The Kier molecular flexibility index (Phi) is 6.17. The Bertz CT molecular complexity index is 322. The SMILES string of the molecule is CCc1ccc(C(C)NC(CCO)C(C)C)s1. The molecule has 0 spiro atoms. The highest BCUT2D eigenvalue weighted by Gasteiger charge is 2.17. The van der Waals surface area contributed by atoms with Crippen LogP contribution in [-0.2, 0) is 6.42 Å². The highest BCUT2D eigenvalue weighted by atomic mass is 32.1. The lowest BCUT2D eigenvalue weighted by atomic mass is 10.0. The van der Waals surface area contributed by atoms with Crippen LogP contribution in [0, 0.1) is 5.92 Å². The average Bonchev–Trinajstić information content (AvgIpc) is 2.76. The van der Waals surface area contributed by atoms with Gasteiger partial charge in [0, 0.05) is 28.4 Å². The van der Waals surface area contributed by atoms with Crippen molar-refractivity contribution >= 4 is 11.3 Å². The summed E-state index contributed by atoms with van der Waals surface area (Å²) < 4.78 is 0. The lowest BCUT2D eigenvalue weighted by Gasteiger charge is -2.25. The van der Waals surface area contributed by atoms with Crippen molar-refractivity contribution in [2.24, 2.45) is 5.92 Å². The molecule has 2 nitrogen and oxygen atoms in total. The summed E-state index contributed by atoms with van der Waals surface area (Å²) in [5, 5.41) is 12.7. The van der Waals surface area contributed by atoms with Gasteiger partial charge in [0.25, 0.3) is 0 Å². The molecule has 0 aliphatic heterocycles. The highest BCUT2D eigenvalue weighted by molar-refractivity contribution is 7.12. The van der Waals surface area contributed by atoms with Gasteiger partial charge in [-0.1, -0.05) is 20.8 Å². The Labute approximate surface area is 109 Å². The summed E-state index contributed by atoms with van der Waals surface area (Å²) in [5.74, 6) is 0.551. The summed E-state index contributed by atoms with van der Waals surface area (Å²) in [6.07, 6.45) is 1.94. The van der Waals surface area contributed by atoms with Gasteiger partial charge in [-0.15, -0.1) is 11.3 Å². The van der Waals surface area contributed by atoms with Crippen LogP contribution >= 0.6 is 11.3 Å². The Morgan fingerprint density at radius 2 is 2.00 bits per heavy atom. The van der Waals surface area contributed by atoms with Gasteiger partial charge in [0.05, 0.1) is 0 Å². The fraction of sp³-hybridized carbons (Fsp3) is 0.714. The maximum Gasteiger partial charge on any atom is 0.0445 e. The van der Waals surface area contributed by atoms with Crippen LogP contribution in [0.2, 0.25) is 0 Å². The van der Waals surface area contributed by atoms with Crippen LogP contribution in [0.5, 0.6) is 0 Å². The Morgan fingerprint density at radius 1 is 1.29 bits per heavy atom. The minimum Gasteiger partial charge on any atom is -0.396 e. The predicted molar refractivity (Wildman–Crippen MR) is 75.6 cm³/mol. The molecule has 0 aliphatic carbocycles. The van der Waals surface area contributed by atoms with Crippen LogP contribution in [0.4, 0.5) is 0 Å². The maximum absolute atomic E-state index is 9.07. The third kappa shape index (κ3) is 4.41. The quantitative estimate of drug-likeness (QED) is 0.783. The average molecular weight is 255 g/mol. The molecule has 3 heteroatoms. The van der Waals surface area contributed by atoms with Crippen molar-refractivity contribution in [3.05, 3.63) is 21.9 Å². The van der Waals surface area contributed by atoms with E-state index in [-0.39, 0.29) is 6.61 Å². The van der Waals surface area contributed by atoms with Gasteiger partial charge in [-0.05, 0) is 37.8 Å². The van der Waals surface area contributed by atoms with Gasteiger partial charge in [-0.3, -0.25) is 0 Å². The van der Waals surface area contributed by atoms with Crippen LogP contribution in [0.15, 0.2) is 12.1 Å². The van der Waals surface area contributed by atoms with E-state index >= 15 is 0 Å². The zero-order valence-corrected chi connectivity index (χ0v) is 12.2. The van der Waals surface area contributed by atoms with Gasteiger partial charge < -0.3 is 10.4 Å². The van der Waals surface area contributed by atoms with E-state index in [2.05, 4.69) is 45.1 Å². The first-order valence-corrected chi connectivity index (χ1v) is 7.35. The first kappa shape index (κ1) is 14.7. The summed E-state index contributed by atoms with van der Waals surface area (Å²) in [5.41, 5.74) is 0. The van der Waals surface area contributed by atoms with Crippen molar-refractivity contribution in [1.29, 1.82) is 0 Å². The molecule has 2 atom stereocenters. The zero-order chi connectivity index (χ0) is 12.8. The van der Waals surface area contributed by atoms with Crippen LogP contribution in [-0.4, -0.2) is 17.8 Å². The molecule has 0 saturated heterocycles. The van der Waals surface area contributed by atoms with Crippen LogP contribution in [0.3, 0.4) is 0 Å². The predicted octanol–water partition coefficient (Wildman–Crippen LogP) is 3.37. The minimum absolute atomic E-state index is 0.257. The molecule has 2 unspecified atom stereocenters. The van der Waals surface area contributed by atoms with Crippen molar-refractivity contribution in [2.75, 3.05) is 6.61 Å². The summed E-state index contributed by atoms with van der Waals surface area (Å²) >= 11 is 1.89. The second-order valence-corrected chi connectivity index (χ2v) is 6.11. The van der Waals surface area contributed by atoms with E-state index in [1.165, 1.54) is 9.75 Å². The molecular weight excluding hydrogens is 230 g/mol. The van der Waals surface area contributed by atoms with Crippen molar-refractivity contribution in [1.82, 2.24) is 5.32 Å². The Morgan fingerprint density at radius 3 is 2.47 bits per heavy atom. The van der Waals surface area contributed by atoms with E-state index in [1.807, 2.05) is 11.3 Å². The molecule has 98 valence electrons. The van der Waals surface area contributed by atoms with Crippen LogP contribution < -0.4 is 5.32 Å². The van der Waals surface area contributed by atoms with E-state index in [0.717, 1.165) is 12.8 Å². The second-order valence-electron chi connectivity index (χ2n) is 4.91. The fourth-order valence-corrected chi connectivity index (χ4v) is 2.93. The largest absolute Gasteiger partial charge is 0.396 e. The Hall–Kier alpha value is -0.380. The summed E-state index contributed by atoms with van der Waals surface area (Å²) in [6, 6.07) is 5.20. The summed E-state index contributed by atoms with van der Waals surface area (Å²) in [7, 11) is 0. The summed E-state index contributed by atoms with van der Waals surface area (Å²) in [6.45, 7) is 9.06. The van der Waals surface area contributed by atoms with Crippen molar-refractivity contribution in [2.45, 2.75) is 52.6 Å². The van der Waals surface area contributed by atoms with Crippen molar-refractivity contribution < 1.29 is 5.11 Å². The number of hydrogen-bond acceptors (Lipinski definition) is 3. The molecule has 0 aliphatic rings. The molecular formula is C14H25NOS. The monoisotopic (exact) mass is 255 g/mol. The molecule has 1 aromatic heterocycles. The van der Waals surface area contributed by atoms with Gasteiger partial charge in [-0.2, -0.15) is 0 Å². The number of aliphatic hydroxyl groups excluding tert-OH is 1. The summed E-state index contributed by atoms with van der Waals surface area (Å²) in [4.78, 5) is 2.84. The topological polar surface area (TPSA) is 32.3 Å². The third-order valence-electron chi connectivity index (χ3n) is 3.17. The van der Waals surface area contributed by atoms with E-state index in [4.69, 9.17) is 5.11 Å². The molecule has 0 bridgehead atoms. The number of aryl methyl sites for hydroxylation is 1. The molecule has 1 rings (SSSR count). The van der Waals surface area contributed by atoms with Crippen LogP contribution in [0.25, 0.3) is 0 Å². The fourth-order valence-electron chi connectivity index (χ4n) is 1.97. The van der Waals surface area contributed by atoms with E-state index in [1.54, 1.807) is 0 Å². The van der Waals surface area contributed by atoms with Crippen molar-refractivity contribution in [3.63, 3.8) is 0 Å². The molecule has 1 aromatic rings. The smallest absolute Gasteiger partial charge is 0.0445 e. The normalized spacial score (nSPS) is 15.2. The molecule has 17 heavy (non-hydrogen) atoms. The standard InChI is InChI=1S/C14H25NOS/c1-5-12-6-7-14(17-12)11(4)15-13(8-9-16)10(2)3/h6-7,10-11,13,15-16H,5,8-9H2,1-4H3. The molecule has 0 saturated carbocycles. The first-order valence-electron chi connectivity index (χ1n) is 6.54. The first-order chi connectivity index (χ1) is 8.08. The minimum atomic E-state index is 0.257. The van der Waals surface area contributed by atoms with Crippen LogP contribution in [0.1, 0.15) is 49.9 Å². The number of thiophene rings is 1. The molecule has 0 aromatic carbocycles. The number of rotatable bonds is 7. The second kappa shape index (κ2) is 7.14. The van der Waals surface area contributed by atoms with Gasteiger partial charge in [0.2, 0.25) is 0 Å². The molecule has 2 N–H and O–H groups in total. The lowest BCUT2D eigenvalue weighted by Crippen LogP contribution is -2.36. The lowest BCUT2D eigenvalue weighted by molar-refractivity contribution is 0.237. The molecule has 0 radical (unpaired) electrons. The molecule has 1 heterocycles. The number of hydrogen-bond donors (Lipinski definition) is 2. The van der Waals surface area contributed by atoms with Gasteiger partial charge >= 0.3 is 0 Å². The van der Waals surface area contributed by atoms with E-state index < -0.39 is 0 Å².